The first-order chi connectivity index (χ1) is 10.3. The number of hydrogen-bond acceptors (Lipinski definition) is 4. The number of hydrogen-bond donors (Lipinski definition) is 0. The fourth-order valence-corrected chi connectivity index (χ4v) is 2.27. The zero-order valence-electron chi connectivity index (χ0n) is 12.6. The van der Waals surface area contributed by atoms with Gasteiger partial charge < -0.3 is 4.74 Å². The van der Waals surface area contributed by atoms with Gasteiger partial charge in [0.25, 0.3) is 0 Å². The number of halogens is 1. The summed E-state index contributed by atoms with van der Waals surface area (Å²) in [7, 11) is 0. The van der Waals surface area contributed by atoms with Crippen LogP contribution in [0.1, 0.15) is 32.0 Å². The third kappa shape index (κ3) is 3.74. The van der Waals surface area contributed by atoms with Gasteiger partial charge in [-0.2, -0.15) is 15.0 Å². The van der Waals surface area contributed by atoms with E-state index in [9.17, 15) is 4.79 Å². The summed E-state index contributed by atoms with van der Waals surface area (Å²) in [5.74, 6) is 0. The second kappa shape index (κ2) is 6.32. The Hall–Kier alpha value is -2.13. The van der Waals surface area contributed by atoms with E-state index in [1.54, 1.807) is 45.0 Å². The van der Waals surface area contributed by atoms with Crippen LogP contribution in [0, 0.1) is 11.3 Å². The van der Waals surface area contributed by atoms with Crippen molar-refractivity contribution in [3.8, 4) is 17.3 Å². The summed E-state index contributed by atoms with van der Waals surface area (Å²) in [5, 5.41) is 13.8. The maximum atomic E-state index is 12.2. The molecular formula is C16H16BrN3O2. The summed E-state index contributed by atoms with van der Waals surface area (Å²) in [6.45, 7) is 5.42. The summed E-state index contributed by atoms with van der Waals surface area (Å²) >= 11 is 3.35. The minimum atomic E-state index is -0.590. The lowest BCUT2D eigenvalue weighted by atomic mass is 10.1. The zero-order chi connectivity index (χ0) is 16.3. The maximum Gasteiger partial charge on any atom is 0.435 e. The lowest BCUT2D eigenvalue weighted by molar-refractivity contribution is 0.0511. The molecule has 0 saturated heterocycles. The first-order valence-corrected chi connectivity index (χ1v) is 7.85. The lowest BCUT2D eigenvalue weighted by Crippen LogP contribution is -2.28. The highest BCUT2D eigenvalue weighted by atomic mass is 79.9. The Morgan fingerprint density at radius 1 is 1.41 bits per heavy atom. The first kappa shape index (κ1) is 16.2. The van der Waals surface area contributed by atoms with Crippen LogP contribution in [0.2, 0.25) is 0 Å². The molecule has 6 heteroatoms. The Bertz CT molecular complexity index is 739. The van der Waals surface area contributed by atoms with Crippen molar-refractivity contribution in [3.63, 3.8) is 0 Å². The Kier molecular flexibility index (Phi) is 4.67. The molecule has 114 valence electrons. The number of ether oxygens (including phenoxy) is 1. The lowest BCUT2D eigenvalue weighted by Gasteiger charge is -2.19. The van der Waals surface area contributed by atoms with Gasteiger partial charge in [0.15, 0.2) is 0 Å². The van der Waals surface area contributed by atoms with Gasteiger partial charge in [-0.1, -0.05) is 28.1 Å². The van der Waals surface area contributed by atoms with Crippen LogP contribution in [0.25, 0.3) is 11.3 Å². The first-order valence-electron chi connectivity index (χ1n) is 6.73. The molecule has 0 unspecified atom stereocenters. The highest BCUT2D eigenvalue weighted by Gasteiger charge is 2.21. The molecule has 2 aromatic rings. The van der Waals surface area contributed by atoms with E-state index in [2.05, 4.69) is 27.1 Å². The van der Waals surface area contributed by atoms with Crippen molar-refractivity contribution < 1.29 is 9.53 Å². The van der Waals surface area contributed by atoms with Crippen LogP contribution in [-0.2, 0) is 10.1 Å². The van der Waals surface area contributed by atoms with Crippen molar-refractivity contribution in [2.75, 3.05) is 0 Å². The molecule has 0 fully saturated rings. The molecule has 0 radical (unpaired) electrons. The number of nitriles is 1. The number of nitrogens with zero attached hydrogens (tertiary/aromatic N) is 3. The molecule has 1 heterocycles. The Labute approximate surface area is 137 Å². The van der Waals surface area contributed by atoms with E-state index in [4.69, 9.17) is 10.00 Å². The van der Waals surface area contributed by atoms with Crippen LogP contribution < -0.4 is 0 Å². The van der Waals surface area contributed by atoms with E-state index in [-0.39, 0.29) is 0 Å². The van der Waals surface area contributed by atoms with Gasteiger partial charge in [0.2, 0.25) is 0 Å². The van der Waals surface area contributed by atoms with E-state index in [0.29, 0.717) is 22.3 Å². The van der Waals surface area contributed by atoms with Gasteiger partial charge in [-0.25, -0.2) is 4.79 Å². The van der Waals surface area contributed by atoms with E-state index >= 15 is 0 Å². The van der Waals surface area contributed by atoms with E-state index in [1.807, 2.05) is 6.07 Å². The van der Waals surface area contributed by atoms with Crippen LogP contribution >= 0.6 is 15.9 Å². The van der Waals surface area contributed by atoms with Crippen molar-refractivity contribution in [2.45, 2.75) is 31.7 Å². The van der Waals surface area contributed by atoms with Crippen LogP contribution in [0.5, 0.6) is 0 Å². The molecule has 2 rings (SSSR count). The number of carbonyl (C=O) groups is 1. The van der Waals surface area contributed by atoms with Crippen LogP contribution in [0.4, 0.5) is 4.79 Å². The fourth-order valence-electron chi connectivity index (χ4n) is 1.87. The van der Waals surface area contributed by atoms with Crippen molar-refractivity contribution >= 4 is 22.0 Å². The quantitative estimate of drug-likeness (QED) is 0.755. The minimum absolute atomic E-state index is 0.469. The van der Waals surface area contributed by atoms with Crippen molar-refractivity contribution in [2.24, 2.45) is 0 Å². The standard InChI is InChI=1S/C16H16BrN3O2/c1-16(2,3)22-15(21)20-13(9-17)8-14(19-20)12-6-4-5-11(7-12)10-18/h4-8H,9H2,1-3H3. The zero-order valence-corrected chi connectivity index (χ0v) is 14.2. The van der Waals surface area contributed by atoms with E-state index in [1.165, 1.54) is 4.68 Å². The SMILES string of the molecule is CC(C)(C)OC(=O)n1nc(-c2cccc(C#N)c2)cc1CBr. The molecule has 0 N–H and O–H groups in total. The van der Waals surface area contributed by atoms with Gasteiger partial charge in [0.05, 0.1) is 23.0 Å². The Balaban J connectivity index is 2.40. The number of carbonyl (C=O) groups excluding carboxylic acids is 1. The number of rotatable bonds is 2. The van der Waals surface area contributed by atoms with Gasteiger partial charge in [-0.3, -0.25) is 0 Å². The molecule has 0 aliphatic heterocycles. The van der Waals surface area contributed by atoms with Crippen LogP contribution in [-0.4, -0.2) is 21.5 Å². The summed E-state index contributed by atoms with van der Waals surface area (Å²) in [6.07, 6.45) is -0.523. The normalized spacial score (nSPS) is 11.0. The van der Waals surface area contributed by atoms with Gasteiger partial charge in [-0.15, -0.1) is 0 Å². The monoisotopic (exact) mass is 361 g/mol. The van der Waals surface area contributed by atoms with Crippen molar-refractivity contribution in [1.82, 2.24) is 9.78 Å². The molecule has 1 aromatic carbocycles. The Morgan fingerprint density at radius 2 is 2.14 bits per heavy atom. The van der Waals surface area contributed by atoms with E-state index < -0.39 is 11.7 Å². The molecule has 0 bridgehead atoms. The van der Waals surface area contributed by atoms with Gasteiger partial charge in [0, 0.05) is 10.9 Å². The topological polar surface area (TPSA) is 67.9 Å². The summed E-state index contributed by atoms with van der Waals surface area (Å²) in [5.41, 5.74) is 2.05. The van der Waals surface area contributed by atoms with Gasteiger partial charge in [0.1, 0.15) is 5.60 Å². The predicted molar refractivity (Wildman–Crippen MR) is 86.6 cm³/mol. The largest absolute Gasteiger partial charge is 0.442 e. The van der Waals surface area contributed by atoms with Crippen molar-refractivity contribution in [3.05, 3.63) is 41.6 Å². The van der Waals surface area contributed by atoms with E-state index in [0.717, 1.165) is 5.56 Å². The molecule has 0 atom stereocenters. The third-order valence-electron chi connectivity index (χ3n) is 2.77. The molecule has 1 aromatic heterocycles. The summed E-state index contributed by atoms with van der Waals surface area (Å²) in [6, 6.07) is 11.0. The number of alkyl halides is 1. The number of aromatic nitrogens is 2. The molecule has 5 nitrogen and oxygen atoms in total. The smallest absolute Gasteiger partial charge is 0.435 e. The highest BCUT2D eigenvalue weighted by Crippen LogP contribution is 2.22. The molecule has 0 spiro atoms. The average Bonchev–Trinajstić information content (AvgIpc) is 2.90. The maximum absolute atomic E-state index is 12.2. The molecular weight excluding hydrogens is 346 g/mol. The third-order valence-corrected chi connectivity index (χ3v) is 3.35. The molecule has 22 heavy (non-hydrogen) atoms. The van der Waals surface area contributed by atoms with Crippen LogP contribution in [0.15, 0.2) is 30.3 Å². The number of benzene rings is 1. The average molecular weight is 362 g/mol. The second-order valence-electron chi connectivity index (χ2n) is 5.74. The van der Waals surface area contributed by atoms with Gasteiger partial charge in [-0.05, 0) is 39.0 Å². The molecule has 0 amide bonds. The predicted octanol–water partition coefficient (Wildman–Crippen LogP) is 4.10. The van der Waals surface area contributed by atoms with Crippen LogP contribution in [0.3, 0.4) is 0 Å². The summed E-state index contributed by atoms with van der Waals surface area (Å²) < 4.78 is 6.59. The molecule has 0 aliphatic carbocycles. The highest BCUT2D eigenvalue weighted by molar-refractivity contribution is 9.08. The Morgan fingerprint density at radius 3 is 2.73 bits per heavy atom. The van der Waals surface area contributed by atoms with Gasteiger partial charge >= 0.3 is 6.09 Å². The van der Waals surface area contributed by atoms with Crippen molar-refractivity contribution in [1.29, 1.82) is 5.26 Å². The second-order valence-corrected chi connectivity index (χ2v) is 6.30. The molecule has 0 saturated carbocycles. The summed E-state index contributed by atoms with van der Waals surface area (Å²) in [4.78, 5) is 12.2. The fraction of sp³-hybridized carbons (Fsp3) is 0.312. The molecule has 0 aliphatic rings. The minimum Gasteiger partial charge on any atom is -0.442 e.